The van der Waals surface area contributed by atoms with Crippen LogP contribution in [0.2, 0.25) is 0 Å². The summed E-state index contributed by atoms with van der Waals surface area (Å²) >= 11 is 1.23. The van der Waals surface area contributed by atoms with E-state index in [2.05, 4.69) is 26.4 Å². The number of nitrogens with zero attached hydrogens (tertiary/aromatic N) is 3. The molecule has 4 aromatic rings. The zero-order chi connectivity index (χ0) is 41.3. The number of esters is 1. The lowest BCUT2D eigenvalue weighted by Crippen LogP contribution is -2.53. The minimum atomic E-state index is -4.42. The van der Waals surface area contributed by atoms with E-state index in [9.17, 15) is 23.7 Å². The molecular formula is C44H51FN5O7PS. The van der Waals surface area contributed by atoms with Gasteiger partial charge in [-0.05, 0) is 111 Å². The number of nitrogens with one attached hydrogen (secondary N) is 2. The van der Waals surface area contributed by atoms with Crippen molar-refractivity contribution in [2.45, 2.75) is 107 Å². The molecule has 1 saturated carbocycles. The number of halogens is 1. The first kappa shape index (κ1) is 41.1. The van der Waals surface area contributed by atoms with Gasteiger partial charge in [0.05, 0.1) is 17.4 Å². The van der Waals surface area contributed by atoms with Crippen LogP contribution in [0.15, 0.2) is 79.1 Å². The fourth-order valence-corrected chi connectivity index (χ4v) is 12.0. The van der Waals surface area contributed by atoms with E-state index in [1.165, 1.54) is 30.4 Å². The number of alkyl halides is 1. The number of pyridine rings is 1. The molecule has 0 radical (unpaired) electrons. The zero-order valence-electron chi connectivity index (χ0n) is 33.4. The van der Waals surface area contributed by atoms with Crippen molar-refractivity contribution >= 4 is 52.6 Å². The highest BCUT2D eigenvalue weighted by molar-refractivity contribution is 7.57. The molecule has 59 heavy (non-hydrogen) atoms. The van der Waals surface area contributed by atoms with Crippen molar-refractivity contribution in [2.24, 2.45) is 5.92 Å². The molecule has 312 valence electrons. The summed E-state index contributed by atoms with van der Waals surface area (Å²) < 4.78 is 42.4. The Morgan fingerprint density at radius 2 is 1.86 bits per heavy atom. The van der Waals surface area contributed by atoms with E-state index >= 15 is 4.39 Å². The van der Waals surface area contributed by atoms with Gasteiger partial charge < -0.3 is 24.4 Å². The topological polar surface area (TPSA) is 147 Å². The number of carbonyl (C=O) groups excluding carboxylic acids is 4. The molecule has 8 rings (SSSR count). The third kappa shape index (κ3) is 8.54. The molecule has 2 aromatic heterocycles. The number of aromatic nitrogens is 1. The number of likely N-dealkylation sites (tertiary alicyclic amines) is 1. The minimum Gasteiger partial charge on any atom is -0.465 e. The Hall–Kier alpha value is -4.65. The molecule has 4 fully saturated rings. The number of para-hydroxylation sites is 1. The van der Waals surface area contributed by atoms with Crippen molar-refractivity contribution < 1.29 is 37.4 Å². The molecule has 1 aliphatic carbocycles. The lowest BCUT2D eigenvalue weighted by atomic mass is 9.97. The maximum atomic E-state index is 16.5. The molecule has 3 saturated heterocycles. The smallest absolute Gasteiger partial charge is 0.355 e. The molecule has 0 bridgehead atoms. The highest BCUT2D eigenvalue weighted by Gasteiger charge is 2.58. The van der Waals surface area contributed by atoms with Crippen LogP contribution in [-0.2, 0) is 23.7 Å². The van der Waals surface area contributed by atoms with Crippen LogP contribution in [0, 0.1) is 5.92 Å². The van der Waals surface area contributed by atoms with Gasteiger partial charge in [0.2, 0.25) is 17.7 Å². The number of fused-ring (bicyclic) bond motifs is 2. The highest BCUT2D eigenvalue weighted by atomic mass is 32.1. The lowest BCUT2D eigenvalue weighted by molar-refractivity contribution is -0.148. The summed E-state index contributed by atoms with van der Waals surface area (Å²) in [5.74, 6) is -3.29. The predicted octanol–water partition coefficient (Wildman–Crippen LogP) is 7.91. The maximum Gasteiger partial charge on any atom is 0.355 e. The van der Waals surface area contributed by atoms with Crippen LogP contribution in [0.1, 0.15) is 104 Å². The van der Waals surface area contributed by atoms with Crippen molar-refractivity contribution in [3.63, 3.8) is 0 Å². The van der Waals surface area contributed by atoms with Crippen LogP contribution in [-0.4, -0.2) is 81.8 Å². The lowest BCUT2D eigenvalue weighted by Gasteiger charge is -2.34. The molecule has 3 aliphatic heterocycles. The van der Waals surface area contributed by atoms with E-state index in [0.717, 1.165) is 44.1 Å². The van der Waals surface area contributed by atoms with Gasteiger partial charge in [-0.25, -0.2) is 9.48 Å². The molecular weight excluding hydrogens is 793 g/mol. The van der Waals surface area contributed by atoms with Crippen molar-refractivity contribution in [3.05, 3.63) is 95.1 Å². The zero-order valence-corrected chi connectivity index (χ0v) is 35.1. The SMILES string of the molecule is CCCOC(=O)[C@H](C)NP(=O)(Oc1ccccc1)[C@@H](F)c1ccc2sc(C(=O)NCC3CCC[C@H]4CC[C@@H](C(=O)N5C[C@@H](c6cccnc6)CC56CC6)N4C3=O)cc2c1. The Morgan fingerprint density at radius 3 is 2.61 bits per heavy atom. The molecule has 2 aromatic carbocycles. The maximum absolute atomic E-state index is 16.5. The van der Waals surface area contributed by atoms with Gasteiger partial charge in [-0.1, -0.05) is 43.7 Å². The summed E-state index contributed by atoms with van der Waals surface area (Å²) in [7, 11) is -4.42. The normalized spacial score (nSPS) is 24.2. The second-order valence-corrected chi connectivity index (χ2v) is 19.6. The second kappa shape index (κ2) is 17.1. The number of carbonyl (C=O) groups is 4. The second-order valence-electron chi connectivity index (χ2n) is 16.5. The third-order valence-electron chi connectivity index (χ3n) is 12.3. The van der Waals surface area contributed by atoms with Gasteiger partial charge in [0.25, 0.3) is 5.91 Å². The van der Waals surface area contributed by atoms with Gasteiger partial charge >= 0.3 is 13.5 Å². The summed E-state index contributed by atoms with van der Waals surface area (Å²) in [6, 6.07) is 16.9. The molecule has 2 unspecified atom stereocenters. The standard InChI is InChI=1S/C44H51FN5O7PS/c1-3-21-56-43(54)28(2)48-58(55,57-35-12-5-4-6-13-35)39(45)29-14-17-37-32(22-29)23-38(59-37)40(51)47-26-31-9-7-11-34-15-16-36(50(34)41(31)52)42(53)49-27-33(24-44(49)18-19-44)30-10-8-20-46-25-30/h4-6,8,10,12-14,17,20,22-23,25,28,31,33-34,36,39H,3,7,9,11,15-16,18-19,21,24,26-27H2,1-2H3,(H,47,51)(H,48,55)/t28-,31?,33-,34-,36-,39+,58?/m0/s1. The number of hydrogen-bond donors (Lipinski definition) is 2. The largest absolute Gasteiger partial charge is 0.465 e. The Balaban J connectivity index is 0.935. The monoisotopic (exact) mass is 843 g/mol. The van der Waals surface area contributed by atoms with E-state index in [0.29, 0.717) is 40.8 Å². The van der Waals surface area contributed by atoms with E-state index < -0.39 is 37.4 Å². The van der Waals surface area contributed by atoms with Crippen molar-refractivity contribution in [1.29, 1.82) is 0 Å². The van der Waals surface area contributed by atoms with Gasteiger partial charge in [-0.15, -0.1) is 11.3 Å². The Kier molecular flexibility index (Phi) is 11.9. The summed E-state index contributed by atoms with van der Waals surface area (Å²) in [6.07, 6.45) is 10.9. The first-order valence-corrected chi connectivity index (χ1v) is 23.3. The number of benzene rings is 2. The van der Waals surface area contributed by atoms with Crippen LogP contribution in [0.25, 0.3) is 10.1 Å². The van der Waals surface area contributed by atoms with Crippen molar-refractivity contribution in [3.8, 4) is 5.75 Å². The van der Waals surface area contributed by atoms with E-state index in [-0.39, 0.29) is 59.7 Å². The molecule has 15 heteroatoms. The van der Waals surface area contributed by atoms with Gasteiger partial charge in [0, 0.05) is 47.7 Å². The molecule has 1 spiro atoms. The Morgan fingerprint density at radius 1 is 1.05 bits per heavy atom. The predicted molar refractivity (Wildman–Crippen MR) is 223 cm³/mol. The minimum absolute atomic E-state index is 0.0156. The third-order valence-corrected chi connectivity index (χ3v) is 15.6. The van der Waals surface area contributed by atoms with E-state index in [1.54, 1.807) is 48.7 Å². The molecule has 7 atom stereocenters. The van der Waals surface area contributed by atoms with Crippen LogP contribution in [0.5, 0.6) is 5.75 Å². The highest BCUT2D eigenvalue weighted by Crippen LogP contribution is 2.58. The van der Waals surface area contributed by atoms with Gasteiger partial charge in [-0.2, -0.15) is 0 Å². The first-order valence-electron chi connectivity index (χ1n) is 20.8. The first-order chi connectivity index (χ1) is 28.5. The fraction of sp³-hybridized carbons (Fsp3) is 0.477. The van der Waals surface area contributed by atoms with Gasteiger partial charge in [0.1, 0.15) is 17.8 Å². The Bertz CT molecular complexity index is 2240. The number of hydrogen-bond acceptors (Lipinski definition) is 9. The van der Waals surface area contributed by atoms with Crippen LogP contribution < -0.4 is 14.9 Å². The van der Waals surface area contributed by atoms with Crippen LogP contribution in [0.4, 0.5) is 4.39 Å². The Labute approximate surface area is 347 Å². The van der Waals surface area contributed by atoms with Crippen LogP contribution >= 0.6 is 18.9 Å². The van der Waals surface area contributed by atoms with Crippen molar-refractivity contribution in [1.82, 2.24) is 25.2 Å². The van der Waals surface area contributed by atoms with Gasteiger partial charge in [-0.3, -0.25) is 28.7 Å². The average Bonchev–Trinajstić information content (AvgIpc) is 3.55. The molecule has 3 amide bonds. The number of ether oxygens (including phenoxy) is 1. The summed E-state index contributed by atoms with van der Waals surface area (Å²) in [5, 5.41) is 6.14. The van der Waals surface area contributed by atoms with Crippen LogP contribution in [0.3, 0.4) is 0 Å². The number of thiophene rings is 1. The summed E-state index contributed by atoms with van der Waals surface area (Å²) in [6.45, 7) is 4.24. The number of rotatable bonds is 14. The summed E-state index contributed by atoms with van der Waals surface area (Å²) in [5.41, 5.74) is 1.07. The van der Waals surface area contributed by atoms with Gasteiger partial charge in [0.15, 0.2) is 0 Å². The molecule has 12 nitrogen and oxygen atoms in total. The van der Waals surface area contributed by atoms with Crippen molar-refractivity contribution in [2.75, 3.05) is 19.7 Å². The quantitative estimate of drug-likeness (QED) is 0.0955. The average molecular weight is 844 g/mol. The number of amides is 3. The fourth-order valence-electron chi connectivity index (χ4n) is 9.12. The van der Waals surface area contributed by atoms with E-state index in [4.69, 9.17) is 9.26 Å². The van der Waals surface area contributed by atoms with E-state index in [1.807, 2.05) is 24.1 Å². The molecule has 5 heterocycles. The molecule has 4 aliphatic rings. The summed E-state index contributed by atoms with van der Waals surface area (Å²) in [4.78, 5) is 63.4. The molecule has 2 N–H and O–H groups in total.